The van der Waals surface area contributed by atoms with Crippen LogP contribution in [0.3, 0.4) is 0 Å². The van der Waals surface area contributed by atoms with Gasteiger partial charge in [-0.25, -0.2) is 10.0 Å². The molecule has 0 aromatic heterocycles. The Labute approximate surface area is 167 Å². The van der Waals surface area contributed by atoms with Crippen LogP contribution < -0.4 is 5.73 Å². The predicted molar refractivity (Wildman–Crippen MR) is 122 cm³/mol. The van der Waals surface area contributed by atoms with E-state index in [0.29, 0.717) is 12.5 Å². The summed E-state index contributed by atoms with van der Waals surface area (Å²) in [6.45, 7) is 0.997. The number of thioether (sulfide) groups is 1. The van der Waals surface area contributed by atoms with Gasteiger partial charge in [-0.1, -0.05) is 24.6 Å². The largest absolute Gasteiger partial charge is 0.396 e. The van der Waals surface area contributed by atoms with Gasteiger partial charge < -0.3 is 10.8 Å². The van der Waals surface area contributed by atoms with Gasteiger partial charge in [0.15, 0.2) is 0 Å². The molecule has 0 radical (unpaired) electrons. The lowest BCUT2D eigenvalue weighted by Crippen LogP contribution is -2.18. The van der Waals surface area contributed by atoms with E-state index in [-0.39, 0.29) is 16.6 Å². The molecule has 1 aromatic rings. The molecular weight excluding hydrogens is 358 g/mol. The second-order valence-corrected chi connectivity index (χ2v) is 14.4. The number of fused-ring (bicyclic) bond motifs is 1. The molecule has 0 heterocycles. The molecule has 2 nitrogen and oxygen atoms in total. The molecule has 3 N–H and O–H groups in total. The Morgan fingerprint density at radius 1 is 1.23 bits per heavy atom. The van der Waals surface area contributed by atoms with Crippen molar-refractivity contribution in [2.24, 2.45) is 11.7 Å². The van der Waals surface area contributed by atoms with Crippen molar-refractivity contribution in [1.82, 2.24) is 0 Å². The molecule has 0 aliphatic heterocycles. The third-order valence-corrected chi connectivity index (χ3v) is 8.36. The minimum atomic E-state index is -0.345. The van der Waals surface area contributed by atoms with Gasteiger partial charge in [0.1, 0.15) is 0 Å². The molecule has 0 unspecified atom stereocenters. The second kappa shape index (κ2) is 11.0. The molecule has 0 bridgehead atoms. The van der Waals surface area contributed by atoms with E-state index in [0.717, 1.165) is 25.2 Å². The lowest BCUT2D eigenvalue weighted by molar-refractivity contribution is 0.281. The number of nitrogens with two attached hydrogens (primary N) is 1. The smallest absolute Gasteiger partial charge is 0.0431 e. The summed E-state index contributed by atoms with van der Waals surface area (Å²) < 4.78 is 0. The average molecular weight is 398 g/mol. The van der Waals surface area contributed by atoms with Crippen molar-refractivity contribution in [3.63, 3.8) is 0 Å². The summed E-state index contributed by atoms with van der Waals surface area (Å²) in [6, 6.07) is 7.11. The highest BCUT2D eigenvalue weighted by Gasteiger charge is 2.20. The number of benzene rings is 1. The topological polar surface area (TPSA) is 46.2 Å². The molecule has 1 aliphatic rings. The fourth-order valence-electron chi connectivity index (χ4n) is 3.73. The van der Waals surface area contributed by atoms with Crippen LogP contribution in [0.15, 0.2) is 18.2 Å². The van der Waals surface area contributed by atoms with E-state index in [1.54, 1.807) is 11.1 Å². The standard InChI is InChI=1S/C22H39NOS2/c1-26(2,3)13-12-25-17-18-7-8-20-15-21(10-9-19(20)14-18)22(16-23)6-4-5-11-24/h9-10,15,18,22,24H,4-8,11-14,16-17,23H2,1-3H3/t18-,22+/m1/s1. The Hall–Kier alpha value is -0.160. The zero-order valence-corrected chi connectivity index (χ0v) is 18.6. The van der Waals surface area contributed by atoms with Crippen molar-refractivity contribution >= 4 is 21.8 Å². The van der Waals surface area contributed by atoms with Gasteiger partial charge in [0.2, 0.25) is 0 Å². The Kier molecular flexibility index (Phi) is 9.36. The average Bonchev–Trinajstić information content (AvgIpc) is 2.61. The maximum atomic E-state index is 8.99. The number of aliphatic hydroxyl groups excluding tert-OH is 1. The molecule has 0 amide bonds. The fourth-order valence-corrected chi connectivity index (χ4v) is 6.98. The highest BCUT2D eigenvalue weighted by molar-refractivity contribution is 8.32. The summed E-state index contributed by atoms with van der Waals surface area (Å²) in [4.78, 5) is 0. The Balaban J connectivity index is 1.86. The molecule has 0 saturated carbocycles. The number of aryl methyl sites for hydroxylation is 1. The maximum absolute atomic E-state index is 8.99. The van der Waals surface area contributed by atoms with E-state index in [9.17, 15) is 0 Å². The van der Waals surface area contributed by atoms with Gasteiger partial charge in [-0.3, -0.25) is 0 Å². The Morgan fingerprint density at radius 2 is 2.04 bits per heavy atom. The first-order valence-corrected chi connectivity index (χ1v) is 14.3. The van der Waals surface area contributed by atoms with E-state index in [2.05, 4.69) is 48.7 Å². The molecule has 0 fully saturated rings. The zero-order chi connectivity index (χ0) is 19.0. The van der Waals surface area contributed by atoms with Crippen LogP contribution in [0.1, 0.15) is 48.3 Å². The number of rotatable bonds is 11. The van der Waals surface area contributed by atoms with Gasteiger partial charge in [0.25, 0.3) is 0 Å². The highest BCUT2D eigenvalue weighted by Crippen LogP contribution is 2.36. The summed E-state index contributed by atoms with van der Waals surface area (Å²) in [5.41, 5.74) is 10.6. The van der Waals surface area contributed by atoms with Crippen molar-refractivity contribution in [2.45, 2.75) is 44.4 Å². The summed E-state index contributed by atoms with van der Waals surface area (Å²) >= 11 is 2.17. The van der Waals surface area contributed by atoms with Crippen LogP contribution in [0, 0.1) is 5.92 Å². The van der Waals surface area contributed by atoms with Crippen molar-refractivity contribution in [1.29, 1.82) is 0 Å². The summed E-state index contributed by atoms with van der Waals surface area (Å²) in [6.07, 6.45) is 14.1. The first kappa shape index (κ1) is 22.1. The van der Waals surface area contributed by atoms with Crippen molar-refractivity contribution in [3.05, 3.63) is 34.9 Å². The Bertz CT molecular complexity index is 541. The van der Waals surface area contributed by atoms with Gasteiger partial charge in [0, 0.05) is 12.4 Å². The molecule has 2 atom stereocenters. The molecule has 0 saturated heterocycles. The molecule has 0 spiro atoms. The Morgan fingerprint density at radius 3 is 2.73 bits per heavy atom. The fraction of sp³-hybridized carbons (Fsp3) is 0.727. The number of hydrogen-bond donors (Lipinski definition) is 2. The van der Waals surface area contributed by atoms with Gasteiger partial charge >= 0.3 is 0 Å². The lowest BCUT2D eigenvalue weighted by atomic mass is 9.82. The van der Waals surface area contributed by atoms with Crippen molar-refractivity contribution < 1.29 is 5.11 Å². The number of aliphatic hydroxyl groups is 1. The maximum Gasteiger partial charge on any atom is 0.0431 e. The van der Waals surface area contributed by atoms with E-state index in [1.165, 1.54) is 42.1 Å². The predicted octanol–water partition coefficient (Wildman–Crippen LogP) is 4.42. The molecule has 2 rings (SSSR count). The van der Waals surface area contributed by atoms with E-state index >= 15 is 0 Å². The van der Waals surface area contributed by atoms with Crippen LogP contribution in [0.4, 0.5) is 0 Å². The normalized spacial score (nSPS) is 19.2. The third-order valence-electron chi connectivity index (χ3n) is 5.47. The number of hydrogen-bond acceptors (Lipinski definition) is 3. The van der Waals surface area contributed by atoms with Crippen molar-refractivity contribution in [2.75, 3.05) is 49.2 Å². The summed E-state index contributed by atoms with van der Waals surface area (Å²) in [5.74, 6) is 5.33. The van der Waals surface area contributed by atoms with Gasteiger partial charge in [-0.2, -0.15) is 11.8 Å². The van der Waals surface area contributed by atoms with Crippen LogP contribution in [-0.2, 0) is 12.8 Å². The minimum Gasteiger partial charge on any atom is -0.396 e. The van der Waals surface area contributed by atoms with Gasteiger partial charge in [-0.05, 0) is 97.4 Å². The summed E-state index contributed by atoms with van der Waals surface area (Å²) in [7, 11) is -0.345. The zero-order valence-electron chi connectivity index (χ0n) is 17.0. The monoisotopic (exact) mass is 397 g/mol. The third kappa shape index (κ3) is 7.46. The minimum absolute atomic E-state index is 0.290. The second-order valence-electron chi connectivity index (χ2n) is 8.66. The molecule has 1 aliphatic carbocycles. The summed E-state index contributed by atoms with van der Waals surface area (Å²) in [5, 5.41) is 8.99. The SMILES string of the molecule is CS(C)(C)CCSC[C@@H]1CCc2cc([C@H](CN)CCCCO)ccc2C1. The molecular formula is C22H39NOS2. The van der Waals surface area contributed by atoms with Crippen LogP contribution in [-0.4, -0.2) is 54.3 Å². The van der Waals surface area contributed by atoms with E-state index in [4.69, 9.17) is 10.8 Å². The quantitative estimate of drug-likeness (QED) is 0.543. The van der Waals surface area contributed by atoms with Gasteiger partial charge in [0.05, 0.1) is 0 Å². The highest BCUT2D eigenvalue weighted by atomic mass is 32.3. The van der Waals surface area contributed by atoms with Crippen LogP contribution in [0.2, 0.25) is 0 Å². The first-order valence-electron chi connectivity index (χ1n) is 10.1. The first-order chi connectivity index (χ1) is 12.4. The number of unbranched alkanes of at least 4 members (excludes halogenated alkanes) is 1. The molecule has 4 heteroatoms. The van der Waals surface area contributed by atoms with Crippen LogP contribution >= 0.6 is 21.8 Å². The van der Waals surface area contributed by atoms with E-state index < -0.39 is 0 Å². The van der Waals surface area contributed by atoms with Crippen molar-refractivity contribution in [3.8, 4) is 0 Å². The molecule has 26 heavy (non-hydrogen) atoms. The molecule has 150 valence electrons. The van der Waals surface area contributed by atoms with Gasteiger partial charge in [-0.15, -0.1) is 0 Å². The van der Waals surface area contributed by atoms with Crippen LogP contribution in [0.5, 0.6) is 0 Å². The lowest BCUT2D eigenvalue weighted by Gasteiger charge is -2.27. The molecule has 1 aromatic carbocycles. The van der Waals surface area contributed by atoms with Crippen LogP contribution in [0.25, 0.3) is 0 Å². The van der Waals surface area contributed by atoms with E-state index in [1.807, 2.05) is 0 Å².